The van der Waals surface area contributed by atoms with Crippen molar-refractivity contribution >= 4 is 11.6 Å². The summed E-state index contributed by atoms with van der Waals surface area (Å²) in [5.41, 5.74) is -0.515. The molecule has 1 amide bonds. The van der Waals surface area contributed by atoms with E-state index in [0.29, 0.717) is 12.5 Å². The Morgan fingerprint density at radius 3 is 2.50 bits per heavy atom. The Morgan fingerprint density at radius 1 is 1.30 bits per heavy atom. The Kier molecular flexibility index (Phi) is 5.44. The van der Waals surface area contributed by atoms with Gasteiger partial charge in [-0.1, -0.05) is 13.8 Å². The van der Waals surface area contributed by atoms with E-state index in [1.165, 1.54) is 12.1 Å². The molecule has 0 bridgehead atoms. The quantitative estimate of drug-likeness (QED) is 0.871. The van der Waals surface area contributed by atoms with Gasteiger partial charge in [0.1, 0.15) is 12.1 Å². The molecule has 0 heterocycles. The van der Waals surface area contributed by atoms with E-state index >= 15 is 0 Å². The maximum atomic E-state index is 13.7. The van der Waals surface area contributed by atoms with Crippen LogP contribution < -0.4 is 10.6 Å². The number of halogens is 2. The van der Waals surface area contributed by atoms with Gasteiger partial charge in [-0.25, -0.2) is 8.78 Å². The zero-order valence-corrected chi connectivity index (χ0v) is 11.6. The van der Waals surface area contributed by atoms with Crippen LogP contribution in [0.1, 0.15) is 26.3 Å². The Labute approximate surface area is 116 Å². The number of anilines is 1. The van der Waals surface area contributed by atoms with E-state index in [4.69, 9.17) is 5.26 Å². The summed E-state index contributed by atoms with van der Waals surface area (Å²) in [4.78, 5) is 11.7. The van der Waals surface area contributed by atoms with Gasteiger partial charge in [0, 0.05) is 6.54 Å². The predicted octanol–water partition coefficient (Wildman–Crippen LogP) is 2.41. The van der Waals surface area contributed by atoms with Crippen molar-refractivity contribution in [1.29, 1.82) is 5.26 Å². The largest absolute Gasteiger partial charge is 0.371 e. The number of rotatable bonds is 5. The van der Waals surface area contributed by atoms with Crippen molar-refractivity contribution in [2.75, 3.05) is 11.9 Å². The van der Waals surface area contributed by atoms with Crippen LogP contribution >= 0.6 is 0 Å². The van der Waals surface area contributed by atoms with Crippen molar-refractivity contribution in [2.45, 2.75) is 26.8 Å². The molecule has 1 rings (SSSR count). The van der Waals surface area contributed by atoms with Crippen LogP contribution in [0.3, 0.4) is 0 Å². The second kappa shape index (κ2) is 6.85. The number of nitrogens with one attached hydrogen (secondary N) is 2. The Bertz CT molecular complexity index is 538. The monoisotopic (exact) mass is 281 g/mol. The molecule has 2 N–H and O–H groups in total. The third-order valence-electron chi connectivity index (χ3n) is 2.65. The molecule has 1 unspecified atom stereocenters. The fourth-order valence-electron chi connectivity index (χ4n) is 1.50. The molecule has 108 valence electrons. The molecule has 1 aromatic rings. The Hall–Kier alpha value is -2.16. The van der Waals surface area contributed by atoms with Gasteiger partial charge in [0.15, 0.2) is 11.6 Å². The molecule has 0 aliphatic rings. The molecule has 0 fully saturated rings. The molecule has 0 aliphatic carbocycles. The number of hydrogen-bond donors (Lipinski definition) is 2. The molecular weight excluding hydrogens is 264 g/mol. The smallest absolute Gasteiger partial charge is 0.242 e. The van der Waals surface area contributed by atoms with Crippen LogP contribution in [-0.2, 0) is 4.79 Å². The number of amides is 1. The van der Waals surface area contributed by atoms with E-state index in [1.807, 2.05) is 13.8 Å². The van der Waals surface area contributed by atoms with Gasteiger partial charge in [-0.3, -0.25) is 4.79 Å². The third kappa shape index (κ3) is 3.92. The lowest BCUT2D eigenvalue weighted by Crippen LogP contribution is -2.39. The Morgan fingerprint density at radius 2 is 1.95 bits per heavy atom. The van der Waals surface area contributed by atoms with E-state index in [1.54, 1.807) is 13.0 Å². The number of hydrogen-bond acceptors (Lipinski definition) is 3. The molecule has 0 radical (unpaired) electrons. The molecule has 0 spiro atoms. The molecule has 1 atom stereocenters. The highest BCUT2D eigenvalue weighted by Gasteiger charge is 2.18. The van der Waals surface area contributed by atoms with Gasteiger partial charge in [0.2, 0.25) is 5.91 Å². The average molecular weight is 281 g/mol. The number of benzene rings is 1. The third-order valence-corrected chi connectivity index (χ3v) is 2.65. The molecule has 4 nitrogen and oxygen atoms in total. The van der Waals surface area contributed by atoms with Gasteiger partial charge < -0.3 is 10.6 Å². The van der Waals surface area contributed by atoms with Crippen LogP contribution in [0, 0.1) is 28.9 Å². The SMILES string of the molecule is CC(C)CNC(=O)C(C)Nc1ccc(C#N)c(F)c1F. The molecular formula is C14H17F2N3O. The van der Waals surface area contributed by atoms with Crippen molar-refractivity contribution < 1.29 is 13.6 Å². The van der Waals surface area contributed by atoms with Gasteiger partial charge in [-0.2, -0.15) is 5.26 Å². The van der Waals surface area contributed by atoms with Crippen molar-refractivity contribution in [2.24, 2.45) is 5.92 Å². The van der Waals surface area contributed by atoms with Gasteiger partial charge in [0.05, 0.1) is 11.3 Å². The zero-order chi connectivity index (χ0) is 15.3. The van der Waals surface area contributed by atoms with Crippen molar-refractivity contribution in [3.8, 4) is 6.07 Å². The predicted molar refractivity (Wildman–Crippen MR) is 72.0 cm³/mol. The van der Waals surface area contributed by atoms with Crippen LogP contribution in [0.2, 0.25) is 0 Å². The first-order valence-electron chi connectivity index (χ1n) is 6.29. The average Bonchev–Trinajstić information content (AvgIpc) is 2.41. The molecule has 20 heavy (non-hydrogen) atoms. The van der Waals surface area contributed by atoms with Crippen molar-refractivity contribution in [3.63, 3.8) is 0 Å². The van der Waals surface area contributed by atoms with E-state index in [9.17, 15) is 13.6 Å². The normalized spacial score (nSPS) is 11.8. The van der Waals surface area contributed by atoms with E-state index in [0.717, 1.165) is 0 Å². The van der Waals surface area contributed by atoms with Crippen molar-refractivity contribution in [1.82, 2.24) is 5.32 Å². The summed E-state index contributed by atoms with van der Waals surface area (Å²) in [7, 11) is 0. The first kappa shape index (κ1) is 15.9. The summed E-state index contributed by atoms with van der Waals surface area (Å²) in [6.45, 7) is 5.96. The summed E-state index contributed by atoms with van der Waals surface area (Å²) in [6.07, 6.45) is 0. The number of nitriles is 1. The highest BCUT2D eigenvalue weighted by atomic mass is 19.2. The van der Waals surface area contributed by atoms with E-state index in [2.05, 4.69) is 10.6 Å². The topological polar surface area (TPSA) is 64.9 Å². The minimum Gasteiger partial charge on any atom is -0.371 e. The molecule has 0 aromatic heterocycles. The lowest BCUT2D eigenvalue weighted by atomic mass is 10.1. The fraction of sp³-hybridized carbons (Fsp3) is 0.429. The van der Waals surface area contributed by atoms with Gasteiger partial charge >= 0.3 is 0 Å². The first-order chi connectivity index (χ1) is 9.36. The zero-order valence-electron chi connectivity index (χ0n) is 11.6. The molecule has 0 saturated heterocycles. The number of carbonyl (C=O) groups excluding carboxylic acids is 1. The van der Waals surface area contributed by atoms with Crippen LogP contribution in [0.4, 0.5) is 14.5 Å². The molecule has 1 aromatic carbocycles. The van der Waals surface area contributed by atoms with Crippen LogP contribution in [-0.4, -0.2) is 18.5 Å². The first-order valence-corrected chi connectivity index (χ1v) is 6.29. The van der Waals surface area contributed by atoms with Gasteiger partial charge in [0.25, 0.3) is 0 Å². The highest BCUT2D eigenvalue weighted by Crippen LogP contribution is 2.20. The summed E-state index contributed by atoms with van der Waals surface area (Å²) in [5.74, 6) is -2.38. The molecule has 0 saturated carbocycles. The minimum atomic E-state index is -1.22. The van der Waals surface area contributed by atoms with Gasteiger partial charge in [-0.15, -0.1) is 0 Å². The van der Waals surface area contributed by atoms with E-state index < -0.39 is 17.7 Å². The van der Waals surface area contributed by atoms with E-state index in [-0.39, 0.29) is 17.2 Å². The standard InChI is InChI=1S/C14H17F2N3O/c1-8(2)7-18-14(20)9(3)19-11-5-4-10(6-17)12(15)13(11)16/h4-5,8-9,19H,7H2,1-3H3,(H,18,20). The van der Waals surface area contributed by atoms with Gasteiger partial charge in [-0.05, 0) is 25.0 Å². The van der Waals surface area contributed by atoms with Crippen LogP contribution in [0.25, 0.3) is 0 Å². The molecule has 0 aliphatic heterocycles. The lowest BCUT2D eigenvalue weighted by molar-refractivity contribution is -0.121. The lowest BCUT2D eigenvalue weighted by Gasteiger charge is -2.17. The second-order valence-electron chi connectivity index (χ2n) is 4.91. The summed E-state index contributed by atoms with van der Waals surface area (Å²) in [6, 6.07) is 3.24. The Balaban J connectivity index is 2.76. The van der Waals surface area contributed by atoms with Crippen LogP contribution in [0.15, 0.2) is 12.1 Å². The van der Waals surface area contributed by atoms with Crippen LogP contribution in [0.5, 0.6) is 0 Å². The van der Waals surface area contributed by atoms with Crippen molar-refractivity contribution in [3.05, 3.63) is 29.3 Å². The summed E-state index contributed by atoms with van der Waals surface area (Å²) >= 11 is 0. The number of carbonyl (C=O) groups is 1. The maximum Gasteiger partial charge on any atom is 0.242 e. The highest BCUT2D eigenvalue weighted by molar-refractivity contribution is 5.84. The number of nitrogens with zero attached hydrogens (tertiary/aromatic N) is 1. The maximum absolute atomic E-state index is 13.7. The summed E-state index contributed by atoms with van der Waals surface area (Å²) in [5, 5.41) is 13.9. The minimum absolute atomic E-state index is 0.145. The summed E-state index contributed by atoms with van der Waals surface area (Å²) < 4.78 is 27.1. The fourth-order valence-corrected chi connectivity index (χ4v) is 1.50. The second-order valence-corrected chi connectivity index (χ2v) is 4.91. The molecule has 6 heteroatoms.